The van der Waals surface area contributed by atoms with Crippen LogP contribution in [0, 0.1) is 12.3 Å². The third-order valence-electron chi connectivity index (χ3n) is 4.43. The van der Waals surface area contributed by atoms with Gasteiger partial charge in [0.15, 0.2) is 0 Å². The number of amides is 1. The second kappa shape index (κ2) is 8.31. The number of rotatable bonds is 7. The molecule has 5 heteroatoms. The molecule has 1 saturated heterocycles. The second-order valence-electron chi connectivity index (χ2n) is 6.37. The number of hydrogen-bond acceptors (Lipinski definition) is 4. The van der Waals surface area contributed by atoms with Crippen LogP contribution in [-0.2, 0) is 9.53 Å². The molecular formula is C18H28N2O3. The zero-order valence-corrected chi connectivity index (χ0v) is 14.4. The molecule has 0 radical (unpaired) electrons. The molecule has 2 rings (SSSR count). The molecule has 1 aromatic rings. The Kier molecular flexibility index (Phi) is 6.42. The number of nitrogens with one attached hydrogen (secondary N) is 2. The van der Waals surface area contributed by atoms with Crippen molar-refractivity contribution in [2.45, 2.75) is 32.8 Å². The van der Waals surface area contributed by atoms with Crippen LogP contribution in [0.25, 0.3) is 0 Å². The molecule has 0 aliphatic carbocycles. The molecule has 1 fully saturated rings. The van der Waals surface area contributed by atoms with Crippen molar-refractivity contribution in [1.82, 2.24) is 10.6 Å². The summed E-state index contributed by atoms with van der Waals surface area (Å²) in [7, 11) is 1.65. The van der Waals surface area contributed by atoms with Gasteiger partial charge in [0.1, 0.15) is 11.9 Å². The smallest absolute Gasteiger partial charge is 0.228 e. The summed E-state index contributed by atoms with van der Waals surface area (Å²) in [5.41, 5.74) is 0.683. The van der Waals surface area contributed by atoms with Crippen LogP contribution in [0.15, 0.2) is 24.3 Å². The number of methoxy groups -OCH3 is 1. The molecule has 5 nitrogen and oxygen atoms in total. The Labute approximate surface area is 138 Å². The lowest BCUT2D eigenvalue weighted by atomic mass is 9.78. The van der Waals surface area contributed by atoms with Gasteiger partial charge in [-0.05, 0) is 51.4 Å². The standard InChI is InChI=1S/C18H28N2O3/c1-14-6-4-5-7-16(14)23-15(2)12-20-17(21)18(13-22-3)8-10-19-11-9-18/h4-7,15,19H,8-13H2,1-3H3,(H,20,21). The van der Waals surface area contributed by atoms with Crippen molar-refractivity contribution >= 4 is 5.91 Å². The van der Waals surface area contributed by atoms with Crippen molar-refractivity contribution in [3.05, 3.63) is 29.8 Å². The maximum absolute atomic E-state index is 12.7. The number of ether oxygens (including phenoxy) is 2. The lowest BCUT2D eigenvalue weighted by Gasteiger charge is -2.35. The van der Waals surface area contributed by atoms with E-state index in [0.717, 1.165) is 37.2 Å². The highest BCUT2D eigenvalue weighted by Crippen LogP contribution is 2.29. The van der Waals surface area contributed by atoms with Gasteiger partial charge >= 0.3 is 0 Å². The predicted molar refractivity (Wildman–Crippen MR) is 90.7 cm³/mol. The van der Waals surface area contributed by atoms with Gasteiger partial charge in [-0.3, -0.25) is 4.79 Å². The number of aryl methyl sites for hydroxylation is 1. The van der Waals surface area contributed by atoms with E-state index >= 15 is 0 Å². The quantitative estimate of drug-likeness (QED) is 0.805. The monoisotopic (exact) mass is 320 g/mol. The molecule has 2 N–H and O–H groups in total. The average molecular weight is 320 g/mol. The minimum Gasteiger partial charge on any atom is -0.489 e. The molecular weight excluding hydrogens is 292 g/mol. The molecule has 1 unspecified atom stereocenters. The lowest BCUT2D eigenvalue weighted by Crippen LogP contribution is -2.51. The van der Waals surface area contributed by atoms with Crippen molar-refractivity contribution < 1.29 is 14.3 Å². The van der Waals surface area contributed by atoms with E-state index in [4.69, 9.17) is 9.47 Å². The molecule has 1 aromatic carbocycles. The summed E-state index contributed by atoms with van der Waals surface area (Å²) in [5.74, 6) is 0.934. The largest absolute Gasteiger partial charge is 0.489 e. The number of hydrogen-bond donors (Lipinski definition) is 2. The number of benzene rings is 1. The van der Waals surface area contributed by atoms with Gasteiger partial charge in [0, 0.05) is 7.11 Å². The molecule has 1 aliphatic rings. The highest BCUT2D eigenvalue weighted by molar-refractivity contribution is 5.83. The van der Waals surface area contributed by atoms with Crippen molar-refractivity contribution in [3.63, 3.8) is 0 Å². The van der Waals surface area contributed by atoms with Crippen molar-refractivity contribution in [3.8, 4) is 5.75 Å². The second-order valence-corrected chi connectivity index (χ2v) is 6.37. The fourth-order valence-corrected chi connectivity index (χ4v) is 2.99. The van der Waals surface area contributed by atoms with E-state index < -0.39 is 5.41 Å². The Balaban J connectivity index is 1.88. The summed E-state index contributed by atoms with van der Waals surface area (Å²) in [6.07, 6.45) is 1.53. The van der Waals surface area contributed by atoms with Crippen LogP contribution < -0.4 is 15.4 Å². The van der Waals surface area contributed by atoms with Gasteiger partial charge in [0.2, 0.25) is 5.91 Å². The molecule has 23 heavy (non-hydrogen) atoms. The maximum Gasteiger partial charge on any atom is 0.228 e. The Bertz CT molecular complexity index is 507. The topological polar surface area (TPSA) is 59.6 Å². The highest BCUT2D eigenvalue weighted by Gasteiger charge is 2.39. The summed E-state index contributed by atoms with van der Waals surface area (Å²) < 4.78 is 11.2. The van der Waals surface area contributed by atoms with Gasteiger partial charge in [0.25, 0.3) is 0 Å². The van der Waals surface area contributed by atoms with E-state index in [1.165, 1.54) is 0 Å². The van der Waals surface area contributed by atoms with Crippen molar-refractivity contribution in [2.75, 3.05) is 33.4 Å². The van der Waals surface area contributed by atoms with Gasteiger partial charge in [0.05, 0.1) is 18.6 Å². The molecule has 0 saturated carbocycles. The first-order chi connectivity index (χ1) is 11.1. The highest BCUT2D eigenvalue weighted by atomic mass is 16.5. The molecule has 0 aromatic heterocycles. The van der Waals surface area contributed by atoms with Crippen LogP contribution in [0.2, 0.25) is 0 Å². The van der Waals surface area contributed by atoms with Crippen LogP contribution in [-0.4, -0.2) is 45.4 Å². The van der Waals surface area contributed by atoms with Gasteiger partial charge in [-0.15, -0.1) is 0 Å². The van der Waals surface area contributed by atoms with Gasteiger partial charge in [-0.1, -0.05) is 18.2 Å². The number of para-hydroxylation sites is 1. The van der Waals surface area contributed by atoms with E-state index in [1.54, 1.807) is 7.11 Å². The molecule has 0 spiro atoms. The summed E-state index contributed by atoms with van der Waals surface area (Å²) in [6.45, 7) is 6.65. The molecule has 0 bridgehead atoms. The van der Waals surface area contributed by atoms with Crippen LogP contribution in [0.1, 0.15) is 25.3 Å². The van der Waals surface area contributed by atoms with Crippen molar-refractivity contribution in [2.24, 2.45) is 5.41 Å². The van der Waals surface area contributed by atoms with Gasteiger partial charge in [-0.25, -0.2) is 0 Å². The fourth-order valence-electron chi connectivity index (χ4n) is 2.99. The van der Waals surface area contributed by atoms with Crippen LogP contribution in [0.4, 0.5) is 0 Å². The van der Waals surface area contributed by atoms with E-state index in [-0.39, 0.29) is 12.0 Å². The normalized spacial score (nSPS) is 18.2. The minimum absolute atomic E-state index is 0.0704. The first-order valence-electron chi connectivity index (χ1n) is 8.28. The summed E-state index contributed by atoms with van der Waals surface area (Å²) in [6, 6.07) is 7.91. The molecule has 128 valence electrons. The van der Waals surface area contributed by atoms with E-state index in [0.29, 0.717) is 13.2 Å². The van der Waals surface area contributed by atoms with Crippen LogP contribution in [0.3, 0.4) is 0 Å². The number of piperidine rings is 1. The van der Waals surface area contributed by atoms with E-state index in [9.17, 15) is 4.79 Å². The first kappa shape index (κ1) is 17.8. The van der Waals surface area contributed by atoms with Gasteiger partial charge in [-0.2, -0.15) is 0 Å². The zero-order valence-electron chi connectivity index (χ0n) is 14.4. The predicted octanol–water partition coefficient (Wildman–Crippen LogP) is 1.89. The lowest BCUT2D eigenvalue weighted by molar-refractivity contribution is -0.136. The summed E-state index contributed by atoms with van der Waals surface area (Å²) >= 11 is 0. The zero-order chi connectivity index (χ0) is 16.7. The number of carbonyl (C=O) groups is 1. The maximum atomic E-state index is 12.7. The average Bonchev–Trinajstić information content (AvgIpc) is 2.56. The fraction of sp³-hybridized carbons (Fsp3) is 0.611. The molecule has 1 heterocycles. The minimum atomic E-state index is -0.414. The Morgan fingerprint density at radius 1 is 1.35 bits per heavy atom. The van der Waals surface area contributed by atoms with Crippen molar-refractivity contribution in [1.29, 1.82) is 0 Å². The molecule has 1 aliphatic heterocycles. The Hall–Kier alpha value is -1.59. The molecule has 1 amide bonds. The Morgan fingerprint density at radius 2 is 2.04 bits per heavy atom. The first-order valence-corrected chi connectivity index (χ1v) is 8.28. The summed E-state index contributed by atoms with van der Waals surface area (Å²) in [4.78, 5) is 12.7. The SMILES string of the molecule is COCC1(C(=O)NCC(C)Oc2ccccc2C)CCNCC1. The third kappa shape index (κ3) is 4.69. The van der Waals surface area contributed by atoms with Gasteiger partial charge < -0.3 is 20.1 Å². The van der Waals surface area contributed by atoms with Crippen LogP contribution in [0.5, 0.6) is 5.75 Å². The van der Waals surface area contributed by atoms with Crippen LogP contribution >= 0.6 is 0 Å². The van der Waals surface area contributed by atoms with E-state index in [2.05, 4.69) is 10.6 Å². The Morgan fingerprint density at radius 3 is 2.70 bits per heavy atom. The summed E-state index contributed by atoms with van der Waals surface area (Å²) in [5, 5.41) is 6.34. The van der Waals surface area contributed by atoms with E-state index in [1.807, 2.05) is 38.1 Å². The third-order valence-corrected chi connectivity index (χ3v) is 4.43. The number of carbonyl (C=O) groups excluding carboxylic acids is 1. The molecule has 1 atom stereocenters.